The molecule has 1 N–H and O–H groups in total. The number of para-hydroxylation sites is 1. The third-order valence-corrected chi connectivity index (χ3v) is 8.50. The second kappa shape index (κ2) is 12.9. The van der Waals surface area contributed by atoms with Crippen molar-refractivity contribution >= 4 is 17.6 Å². The number of carboxylic acids is 1. The number of halogens is 3. The number of nitrogens with zero attached hydrogens (tertiary/aromatic N) is 4. The largest absolute Gasteiger partial charge is 0.478 e. The topological polar surface area (TPSA) is 95.9 Å². The minimum atomic E-state index is -1.75. The zero-order valence-electron chi connectivity index (χ0n) is 26.3. The van der Waals surface area contributed by atoms with Crippen molar-refractivity contribution in [1.82, 2.24) is 14.9 Å². The van der Waals surface area contributed by atoms with Crippen molar-refractivity contribution < 1.29 is 32.6 Å². The Hall–Kier alpha value is -5.55. The summed E-state index contributed by atoms with van der Waals surface area (Å²) in [7, 11) is 1.59. The van der Waals surface area contributed by atoms with Crippen LogP contribution in [0, 0.1) is 31.3 Å². The Morgan fingerprint density at radius 3 is 2.17 bits per heavy atom. The van der Waals surface area contributed by atoms with Crippen LogP contribution in [-0.2, 0) is 21.7 Å². The molecule has 48 heavy (non-hydrogen) atoms. The van der Waals surface area contributed by atoms with Gasteiger partial charge in [0.25, 0.3) is 0 Å². The summed E-state index contributed by atoms with van der Waals surface area (Å²) < 4.78 is 50.0. The molecule has 1 amide bonds. The standard InChI is InChI=1S/C37H31F3N4O4/c1-22-16-23(2)42-36(41-22)48-34(35(46)47)37(26-13-9-12-25(17-26)24-10-5-4-6-11-24)29-14-7-8-15-32(29)44(33(45)21-43(37)3)20-28-30(39)18-27(38)19-31(28)40/h4-19,34H,20-21H2,1-3H3,(H,46,47)/t34-,37+/m1/s1. The number of anilines is 1. The fourth-order valence-electron chi connectivity index (χ4n) is 6.44. The molecule has 2 heterocycles. The molecule has 11 heteroatoms. The summed E-state index contributed by atoms with van der Waals surface area (Å²) in [4.78, 5) is 39.0. The van der Waals surface area contributed by atoms with Crippen molar-refractivity contribution in [2.24, 2.45) is 0 Å². The molecular weight excluding hydrogens is 621 g/mol. The van der Waals surface area contributed by atoms with Gasteiger partial charge < -0.3 is 14.7 Å². The lowest BCUT2D eigenvalue weighted by molar-refractivity contribution is -0.153. The maximum atomic E-state index is 15.0. The van der Waals surface area contributed by atoms with Crippen LogP contribution in [0.3, 0.4) is 0 Å². The summed E-state index contributed by atoms with van der Waals surface area (Å²) >= 11 is 0. The van der Waals surface area contributed by atoms with Crippen LogP contribution in [0.1, 0.15) is 28.1 Å². The van der Waals surface area contributed by atoms with Crippen LogP contribution in [0.25, 0.3) is 11.1 Å². The summed E-state index contributed by atoms with van der Waals surface area (Å²) in [5, 5.41) is 11.0. The number of carbonyl (C=O) groups is 2. The molecule has 0 unspecified atom stereocenters. The van der Waals surface area contributed by atoms with E-state index in [0.29, 0.717) is 34.6 Å². The lowest BCUT2D eigenvalue weighted by atomic mass is 9.75. The molecule has 0 radical (unpaired) electrons. The van der Waals surface area contributed by atoms with Crippen LogP contribution in [0.2, 0.25) is 0 Å². The average Bonchev–Trinajstić information content (AvgIpc) is 3.13. The predicted octanol–water partition coefficient (Wildman–Crippen LogP) is 6.43. The van der Waals surface area contributed by atoms with Gasteiger partial charge >= 0.3 is 12.0 Å². The molecular formula is C37H31F3N4O4. The van der Waals surface area contributed by atoms with Gasteiger partial charge in [-0.25, -0.2) is 27.9 Å². The maximum Gasteiger partial charge on any atom is 0.347 e. The Balaban J connectivity index is 1.63. The highest BCUT2D eigenvalue weighted by atomic mass is 19.1. The van der Waals surface area contributed by atoms with E-state index in [1.807, 2.05) is 42.5 Å². The Labute approximate surface area is 275 Å². The molecule has 0 fully saturated rings. The van der Waals surface area contributed by atoms with Gasteiger partial charge in [0.15, 0.2) is 0 Å². The first kappa shape index (κ1) is 32.4. The van der Waals surface area contributed by atoms with Crippen LogP contribution in [0.15, 0.2) is 97.1 Å². The highest BCUT2D eigenvalue weighted by Crippen LogP contribution is 2.47. The second-order valence-corrected chi connectivity index (χ2v) is 11.7. The van der Waals surface area contributed by atoms with Gasteiger partial charge in [0.05, 0.1) is 13.1 Å². The quantitative estimate of drug-likeness (QED) is 0.206. The van der Waals surface area contributed by atoms with E-state index < -0.39 is 59.6 Å². The summed E-state index contributed by atoms with van der Waals surface area (Å²) in [6, 6.07) is 26.0. The van der Waals surface area contributed by atoms with E-state index >= 15 is 0 Å². The number of carboxylic acid groups (broad SMARTS) is 1. The SMILES string of the molecule is Cc1cc(C)nc(O[C@H](C(=O)O)[C@]2(c3cccc(-c4ccccc4)c3)c3ccccc3N(Cc3c(F)cc(F)cc3F)C(=O)CN2C)n1. The van der Waals surface area contributed by atoms with Gasteiger partial charge in [-0.15, -0.1) is 0 Å². The Bertz CT molecular complexity index is 1980. The Kier molecular flexibility index (Phi) is 8.72. The van der Waals surface area contributed by atoms with Crippen molar-refractivity contribution in [3.8, 4) is 17.1 Å². The summed E-state index contributed by atoms with van der Waals surface area (Å²) in [6.07, 6.45) is -1.75. The molecule has 0 aliphatic carbocycles. The van der Waals surface area contributed by atoms with Crippen LogP contribution in [-0.4, -0.2) is 51.5 Å². The smallest absolute Gasteiger partial charge is 0.347 e. The third-order valence-electron chi connectivity index (χ3n) is 8.50. The van der Waals surface area contributed by atoms with Gasteiger partial charge in [-0.05, 0) is 55.8 Å². The number of aromatic nitrogens is 2. The number of ether oxygens (including phenoxy) is 1. The lowest BCUT2D eigenvalue weighted by Crippen LogP contribution is -2.59. The molecule has 244 valence electrons. The van der Waals surface area contributed by atoms with Crippen molar-refractivity contribution in [3.63, 3.8) is 0 Å². The van der Waals surface area contributed by atoms with Crippen LogP contribution >= 0.6 is 0 Å². The zero-order valence-corrected chi connectivity index (χ0v) is 26.3. The van der Waals surface area contributed by atoms with Gasteiger partial charge in [-0.1, -0.05) is 66.7 Å². The number of likely N-dealkylation sites (N-methyl/N-ethyl adjacent to an activating group) is 1. The molecule has 0 saturated heterocycles. The van der Waals surface area contributed by atoms with Gasteiger partial charge in [-0.2, -0.15) is 0 Å². The fourth-order valence-corrected chi connectivity index (χ4v) is 6.44. The molecule has 4 aromatic carbocycles. The van der Waals surface area contributed by atoms with Crippen molar-refractivity contribution in [3.05, 3.63) is 143 Å². The molecule has 2 atom stereocenters. The maximum absolute atomic E-state index is 15.0. The lowest BCUT2D eigenvalue weighted by Gasteiger charge is -2.44. The first-order valence-corrected chi connectivity index (χ1v) is 15.1. The van der Waals surface area contributed by atoms with Gasteiger partial charge in [0, 0.05) is 40.3 Å². The molecule has 1 aromatic heterocycles. The number of rotatable bonds is 8. The predicted molar refractivity (Wildman–Crippen MR) is 173 cm³/mol. The molecule has 0 spiro atoms. The molecule has 6 rings (SSSR count). The fraction of sp³-hybridized carbons (Fsp3) is 0.189. The van der Waals surface area contributed by atoms with Crippen molar-refractivity contribution in [2.45, 2.75) is 32.0 Å². The highest BCUT2D eigenvalue weighted by molar-refractivity contribution is 5.97. The minimum absolute atomic E-state index is 0.174. The average molecular weight is 653 g/mol. The number of aliphatic carboxylic acids is 1. The first-order chi connectivity index (χ1) is 23.0. The normalized spacial score (nSPS) is 17.0. The number of hydrogen-bond acceptors (Lipinski definition) is 6. The van der Waals surface area contributed by atoms with Crippen LogP contribution in [0.5, 0.6) is 6.01 Å². The van der Waals surface area contributed by atoms with Crippen LogP contribution < -0.4 is 9.64 Å². The van der Waals surface area contributed by atoms with Gasteiger partial charge in [-0.3, -0.25) is 9.69 Å². The minimum Gasteiger partial charge on any atom is -0.478 e. The van der Waals surface area contributed by atoms with Gasteiger partial charge in [0.1, 0.15) is 23.0 Å². The summed E-state index contributed by atoms with van der Waals surface area (Å²) in [5.74, 6) is -5.36. The van der Waals surface area contributed by atoms with E-state index in [9.17, 15) is 27.9 Å². The molecule has 0 bridgehead atoms. The van der Waals surface area contributed by atoms with Crippen molar-refractivity contribution in [1.29, 1.82) is 0 Å². The van der Waals surface area contributed by atoms with E-state index in [1.165, 1.54) is 4.90 Å². The molecule has 5 aromatic rings. The van der Waals surface area contributed by atoms with E-state index in [0.717, 1.165) is 11.1 Å². The molecule has 8 nitrogen and oxygen atoms in total. The second-order valence-electron chi connectivity index (χ2n) is 11.7. The molecule has 0 saturated carbocycles. The summed E-state index contributed by atoms with van der Waals surface area (Å²) in [6.45, 7) is 2.48. The van der Waals surface area contributed by atoms with E-state index in [2.05, 4.69) is 9.97 Å². The van der Waals surface area contributed by atoms with E-state index in [-0.39, 0.29) is 11.7 Å². The Morgan fingerprint density at radius 2 is 1.50 bits per heavy atom. The number of hydrogen-bond donors (Lipinski definition) is 1. The number of fused-ring (bicyclic) bond motifs is 1. The zero-order chi connectivity index (χ0) is 34.2. The summed E-state index contributed by atoms with van der Waals surface area (Å²) in [5.41, 5.74) is 1.46. The van der Waals surface area contributed by atoms with E-state index in [4.69, 9.17) is 4.74 Å². The monoisotopic (exact) mass is 652 g/mol. The highest BCUT2D eigenvalue weighted by Gasteiger charge is 2.55. The van der Waals surface area contributed by atoms with Gasteiger partial charge in [0.2, 0.25) is 12.0 Å². The number of aryl methyl sites for hydroxylation is 2. The number of amides is 1. The third kappa shape index (κ3) is 5.88. The molecule has 1 aliphatic rings. The van der Waals surface area contributed by atoms with Crippen LogP contribution in [0.4, 0.5) is 18.9 Å². The Morgan fingerprint density at radius 1 is 0.875 bits per heavy atom. The molecule has 1 aliphatic heterocycles. The number of carbonyl (C=O) groups excluding carboxylic acids is 1. The first-order valence-electron chi connectivity index (χ1n) is 15.1. The van der Waals surface area contributed by atoms with E-state index in [1.54, 1.807) is 68.3 Å². The number of benzene rings is 4. The van der Waals surface area contributed by atoms with Crippen molar-refractivity contribution in [2.75, 3.05) is 18.5 Å².